The van der Waals surface area contributed by atoms with E-state index in [0.717, 1.165) is 0 Å². The molecule has 90 valence electrons. The first kappa shape index (κ1) is 9.68. The number of aliphatic hydroxyl groups excluding tert-OH is 3. The van der Waals surface area contributed by atoms with Gasteiger partial charge in [-0.2, -0.15) is 0 Å². The number of carbonyl (C=O) groups excluding carboxylic acids is 1. The van der Waals surface area contributed by atoms with Crippen molar-refractivity contribution in [2.24, 2.45) is 0 Å². The van der Waals surface area contributed by atoms with Crippen LogP contribution in [0.15, 0.2) is 0 Å². The lowest BCUT2D eigenvalue weighted by Crippen LogP contribution is -2.63. The van der Waals surface area contributed by atoms with E-state index >= 15 is 0 Å². The smallest absolute Gasteiger partial charge is 0.154 e. The van der Waals surface area contributed by atoms with Gasteiger partial charge in [0, 0.05) is 4.11 Å². The Kier molecular flexibility index (Phi) is 2.93. The van der Waals surface area contributed by atoms with Gasteiger partial charge in [0.15, 0.2) is 6.29 Å². The lowest BCUT2D eigenvalue weighted by molar-refractivity contribution is -0.210. The fourth-order valence-electron chi connectivity index (χ4n) is 0.851. The van der Waals surface area contributed by atoms with E-state index in [1.54, 1.807) is 0 Å². The summed E-state index contributed by atoms with van der Waals surface area (Å²) in [6.45, 7) is -2.80. The minimum absolute atomic E-state index is 0.197. The Labute approximate surface area is 92.0 Å². The van der Waals surface area contributed by atoms with Crippen molar-refractivity contribution in [2.75, 3.05) is 0 Å². The van der Waals surface area contributed by atoms with Gasteiger partial charge in [-0.25, -0.2) is 0 Å². The molecule has 15 heavy (non-hydrogen) atoms. The highest BCUT2D eigenvalue weighted by atomic mass is 16.4. The number of hydrogen-bond donors (Lipinski definition) is 5. The second-order valence-electron chi connectivity index (χ2n) is 3.47. The van der Waals surface area contributed by atoms with Crippen LogP contribution >= 0.6 is 0 Å². The molecule has 1 unspecified atom stereocenters. The largest absolute Gasteiger partial charge is 0.391 e. The minimum atomic E-state index is -2.81. The Hall–Kier alpha value is -0.530. The summed E-state index contributed by atoms with van der Waals surface area (Å²) in [7, 11) is 0. The molecule has 0 aromatic heterocycles. The van der Waals surface area contributed by atoms with Crippen molar-refractivity contribution < 1.29 is 34.4 Å². The Bertz CT molecular complexity index is 281. The monoisotopic (exact) mass is 225 g/mol. The van der Waals surface area contributed by atoms with Crippen LogP contribution in [-0.4, -0.2) is 61.3 Å². The van der Waals surface area contributed by atoms with Gasteiger partial charge in [0.2, 0.25) is 0 Å². The van der Waals surface area contributed by atoms with Gasteiger partial charge in [-0.15, -0.1) is 0 Å². The molecule has 0 aliphatic carbocycles. The highest BCUT2D eigenvalue weighted by Crippen LogP contribution is 2.26. The number of rotatable bonds is 5. The average molecular weight is 225 g/mol. The van der Waals surface area contributed by atoms with Crippen LogP contribution in [-0.2, 0) is 4.79 Å². The Balaban J connectivity index is 5.33. The zero-order valence-corrected chi connectivity index (χ0v) is 8.08. The first-order chi connectivity index (χ1) is 8.23. The standard InChI is InChI=1S/C9H18O6/c1-5(11)6(12)7(13)9(3,15)8(2,14)4-10/h4-7,11-15H,1-3H3/t5?,6-,7-,8-,9+/m1/s1/i1D,2D,3D. The molecule has 0 saturated heterocycles. The van der Waals surface area contributed by atoms with Crippen LogP contribution < -0.4 is 0 Å². The van der Waals surface area contributed by atoms with Crippen molar-refractivity contribution in [1.29, 1.82) is 0 Å². The van der Waals surface area contributed by atoms with E-state index in [1.807, 2.05) is 0 Å². The van der Waals surface area contributed by atoms with E-state index in [4.69, 9.17) is 4.11 Å². The van der Waals surface area contributed by atoms with Crippen molar-refractivity contribution in [3.63, 3.8) is 0 Å². The average Bonchev–Trinajstić information content (AvgIpc) is 2.42. The van der Waals surface area contributed by atoms with Crippen LogP contribution in [0.1, 0.15) is 24.8 Å². The summed E-state index contributed by atoms with van der Waals surface area (Å²) in [6, 6.07) is 0. The Morgan fingerprint density at radius 1 is 1.27 bits per heavy atom. The third-order valence-electron chi connectivity index (χ3n) is 2.15. The summed E-state index contributed by atoms with van der Waals surface area (Å²) in [6.07, 6.45) is -6.20. The van der Waals surface area contributed by atoms with Crippen LogP contribution in [0.25, 0.3) is 0 Å². The van der Waals surface area contributed by atoms with Gasteiger partial charge in [-0.1, -0.05) is 0 Å². The summed E-state index contributed by atoms with van der Waals surface area (Å²) in [4.78, 5) is 10.7. The van der Waals surface area contributed by atoms with E-state index in [0.29, 0.717) is 0 Å². The van der Waals surface area contributed by atoms with Crippen LogP contribution in [0, 0.1) is 0 Å². The topological polar surface area (TPSA) is 118 Å². The van der Waals surface area contributed by atoms with Crippen molar-refractivity contribution in [1.82, 2.24) is 0 Å². The second kappa shape index (κ2) is 4.54. The summed E-state index contributed by atoms with van der Waals surface area (Å²) in [5.41, 5.74) is -5.57. The summed E-state index contributed by atoms with van der Waals surface area (Å²) in [5, 5.41) is 48.0. The minimum Gasteiger partial charge on any atom is -0.391 e. The normalized spacial score (nSPS) is 28.5. The molecule has 0 saturated carbocycles. The number of carbonyl (C=O) groups is 1. The zero-order valence-electron chi connectivity index (χ0n) is 11.1. The van der Waals surface area contributed by atoms with Gasteiger partial charge in [0.1, 0.15) is 23.4 Å². The van der Waals surface area contributed by atoms with Crippen molar-refractivity contribution in [2.45, 2.75) is 50.2 Å². The molecule has 0 fully saturated rings. The third kappa shape index (κ3) is 2.73. The molecule has 0 aliphatic heterocycles. The molecule has 0 aliphatic rings. The van der Waals surface area contributed by atoms with E-state index in [9.17, 15) is 30.3 Å². The quantitative estimate of drug-likeness (QED) is 0.339. The second-order valence-corrected chi connectivity index (χ2v) is 3.47. The molecular weight excluding hydrogens is 204 g/mol. The summed E-state index contributed by atoms with van der Waals surface area (Å²) >= 11 is 0. The van der Waals surface area contributed by atoms with Crippen molar-refractivity contribution in [3.05, 3.63) is 0 Å². The van der Waals surface area contributed by atoms with Gasteiger partial charge in [0.05, 0.1) is 6.10 Å². The predicted molar refractivity (Wildman–Crippen MR) is 51.0 cm³/mol. The maximum Gasteiger partial charge on any atom is 0.154 e. The molecule has 0 bridgehead atoms. The van der Waals surface area contributed by atoms with Gasteiger partial charge < -0.3 is 30.3 Å². The maximum atomic E-state index is 10.7. The molecule has 0 heterocycles. The van der Waals surface area contributed by atoms with Crippen LogP contribution in [0.3, 0.4) is 0 Å². The molecule has 0 rings (SSSR count). The zero-order chi connectivity index (χ0) is 14.6. The molecule has 5 atom stereocenters. The van der Waals surface area contributed by atoms with Gasteiger partial charge in [-0.3, -0.25) is 0 Å². The molecule has 6 nitrogen and oxygen atoms in total. The highest BCUT2D eigenvalue weighted by molar-refractivity contribution is 5.64. The van der Waals surface area contributed by atoms with E-state index in [2.05, 4.69) is 0 Å². The first-order valence-electron chi connectivity index (χ1n) is 6.19. The molecule has 0 spiro atoms. The number of hydrogen-bond acceptors (Lipinski definition) is 6. The van der Waals surface area contributed by atoms with E-state index < -0.39 is 50.2 Å². The lowest BCUT2D eigenvalue weighted by atomic mass is 9.79. The van der Waals surface area contributed by atoms with Crippen LogP contribution in [0.4, 0.5) is 0 Å². The highest BCUT2D eigenvalue weighted by Gasteiger charge is 2.50. The van der Waals surface area contributed by atoms with E-state index in [-0.39, 0.29) is 6.29 Å². The predicted octanol–water partition coefficient (Wildman–Crippen LogP) is -2.21. The van der Waals surface area contributed by atoms with Gasteiger partial charge in [0.25, 0.3) is 0 Å². The number of aliphatic hydroxyl groups is 5. The fourth-order valence-corrected chi connectivity index (χ4v) is 0.851. The van der Waals surface area contributed by atoms with Crippen LogP contribution in [0.2, 0.25) is 0 Å². The molecule has 0 aromatic carbocycles. The third-order valence-corrected chi connectivity index (χ3v) is 2.15. The summed E-state index contributed by atoms with van der Waals surface area (Å²) in [5.74, 6) is 0. The fraction of sp³-hybridized carbons (Fsp3) is 0.889. The summed E-state index contributed by atoms with van der Waals surface area (Å²) < 4.78 is 20.9. The Morgan fingerprint density at radius 3 is 2.20 bits per heavy atom. The lowest BCUT2D eigenvalue weighted by Gasteiger charge is -2.40. The van der Waals surface area contributed by atoms with Gasteiger partial charge >= 0.3 is 0 Å². The SMILES string of the molecule is [2H]CC(O)[C@@H](O)[C@@H](O)[C@@](O)(C[2H])[C@](O)(C=O)C[2H]. The molecule has 5 N–H and O–H groups in total. The molecule has 0 aromatic rings. The van der Waals surface area contributed by atoms with Gasteiger partial charge in [-0.05, 0) is 20.7 Å². The number of aldehydes is 1. The maximum absolute atomic E-state index is 10.7. The van der Waals surface area contributed by atoms with E-state index in [1.165, 1.54) is 0 Å². The first-order valence-corrected chi connectivity index (χ1v) is 4.07. The molecule has 0 radical (unpaired) electrons. The van der Waals surface area contributed by atoms with Crippen molar-refractivity contribution in [3.8, 4) is 0 Å². The molecule has 6 heteroatoms. The van der Waals surface area contributed by atoms with Crippen LogP contribution in [0.5, 0.6) is 0 Å². The van der Waals surface area contributed by atoms with Crippen molar-refractivity contribution >= 4 is 6.29 Å². The molecular formula is C9H18O6. The molecule has 0 amide bonds. The Morgan fingerprint density at radius 2 is 1.87 bits per heavy atom.